The van der Waals surface area contributed by atoms with Crippen molar-refractivity contribution in [2.75, 3.05) is 20.8 Å². The number of methoxy groups -OCH3 is 2. The van der Waals surface area contributed by atoms with Crippen LogP contribution in [0.5, 0.6) is 11.5 Å². The Hall–Kier alpha value is -2.21. The molecule has 0 N–H and O–H groups in total. The first-order valence-corrected chi connectivity index (χ1v) is 7.21. The predicted octanol–water partition coefficient (Wildman–Crippen LogP) is 2.87. The third kappa shape index (κ3) is 6.20. The minimum atomic E-state index is -0.670. The average molecular weight is 343 g/mol. The molecule has 1 aromatic carbocycles. The van der Waals surface area contributed by atoms with E-state index in [1.165, 1.54) is 26.4 Å². The molecular weight excluding hydrogens is 324 g/mol. The Morgan fingerprint density at radius 1 is 1.22 bits per heavy atom. The van der Waals surface area contributed by atoms with Gasteiger partial charge in [0.25, 0.3) is 0 Å². The molecule has 0 unspecified atom stereocenters. The number of hydrogen-bond donors (Lipinski definition) is 0. The first-order chi connectivity index (χ1) is 10.9. The fourth-order valence-corrected chi connectivity index (χ4v) is 1.97. The summed E-state index contributed by atoms with van der Waals surface area (Å²) in [7, 11) is 2.96. The molecule has 0 heterocycles. The van der Waals surface area contributed by atoms with Crippen molar-refractivity contribution in [1.82, 2.24) is 0 Å². The maximum Gasteiger partial charge on any atom is 0.344 e. The summed E-state index contributed by atoms with van der Waals surface area (Å²) in [6.07, 6.45) is 2.41. The van der Waals surface area contributed by atoms with Gasteiger partial charge in [-0.2, -0.15) is 0 Å². The van der Waals surface area contributed by atoms with Crippen LogP contribution in [0.15, 0.2) is 18.2 Å². The van der Waals surface area contributed by atoms with Crippen molar-refractivity contribution in [2.24, 2.45) is 0 Å². The van der Waals surface area contributed by atoms with Crippen molar-refractivity contribution in [3.05, 3.63) is 28.8 Å². The Kier molecular flexibility index (Phi) is 7.41. The van der Waals surface area contributed by atoms with Crippen LogP contribution in [0.3, 0.4) is 0 Å². The SMILES string of the molecule is COc1cc(/C=C/C(=O)OCC(=O)OC(C)C)cc(Cl)c1OC. The third-order valence-corrected chi connectivity index (χ3v) is 2.85. The standard InChI is InChI=1S/C16H19ClO6/c1-10(2)23-15(19)9-22-14(18)6-5-11-7-12(17)16(21-4)13(8-11)20-3/h5-8,10H,9H2,1-4H3/b6-5+. The van der Waals surface area contributed by atoms with Gasteiger partial charge in [0.2, 0.25) is 0 Å². The Morgan fingerprint density at radius 2 is 1.91 bits per heavy atom. The predicted molar refractivity (Wildman–Crippen MR) is 85.8 cm³/mol. The van der Waals surface area contributed by atoms with E-state index in [0.29, 0.717) is 22.1 Å². The number of benzene rings is 1. The van der Waals surface area contributed by atoms with Crippen LogP contribution in [0.25, 0.3) is 6.08 Å². The zero-order valence-corrected chi connectivity index (χ0v) is 14.2. The smallest absolute Gasteiger partial charge is 0.344 e. The normalized spacial score (nSPS) is 10.7. The number of halogens is 1. The Morgan fingerprint density at radius 3 is 2.48 bits per heavy atom. The molecule has 0 spiro atoms. The highest BCUT2D eigenvalue weighted by molar-refractivity contribution is 6.32. The lowest BCUT2D eigenvalue weighted by atomic mass is 10.2. The van der Waals surface area contributed by atoms with Crippen molar-refractivity contribution in [2.45, 2.75) is 20.0 Å². The number of carbonyl (C=O) groups is 2. The molecule has 0 saturated heterocycles. The number of rotatable bonds is 7. The topological polar surface area (TPSA) is 71.1 Å². The highest BCUT2D eigenvalue weighted by Crippen LogP contribution is 2.36. The zero-order valence-electron chi connectivity index (χ0n) is 13.4. The van der Waals surface area contributed by atoms with Gasteiger partial charge in [0.15, 0.2) is 18.1 Å². The maximum atomic E-state index is 11.6. The zero-order chi connectivity index (χ0) is 17.4. The molecule has 0 aliphatic rings. The van der Waals surface area contributed by atoms with Gasteiger partial charge < -0.3 is 18.9 Å². The van der Waals surface area contributed by atoms with Gasteiger partial charge in [0.05, 0.1) is 25.3 Å². The molecule has 0 radical (unpaired) electrons. The van der Waals surface area contributed by atoms with E-state index in [1.54, 1.807) is 26.0 Å². The fourth-order valence-electron chi connectivity index (χ4n) is 1.67. The Bertz CT molecular complexity index is 594. The van der Waals surface area contributed by atoms with Gasteiger partial charge in [-0.1, -0.05) is 11.6 Å². The van der Waals surface area contributed by atoms with Gasteiger partial charge in [-0.25, -0.2) is 9.59 Å². The number of hydrogen-bond acceptors (Lipinski definition) is 6. The lowest BCUT2D eigenvalue weighted by Crippen LogP contribution is -2.18. The fraction of sp³-hybridized carbons (Fsp3) is 0.375. The van der Waals surface area contributed by atoms with Crippen molar-refractivity contribution in [3.8, 4) is 11.5 Å². The van der Waals surface area contributed by atoms with E-state index in [9.17, 15) is 9.59 Å². The lowest BCUT2D eigenvalue weighted by Gasteiger charge is -2.10. The Labute approximate surface area is 139 Å². The summed E-state index contributed by atoms with van der Waals surface area (Å²) in [6, 6.07) is 3.27. The van der Waals surface area contributed by atoms with Crippen LogP contribution in [0, 0.1) is 0 Å². The summed E-state index contributed by atoms with van der Waals surface area (Å²) in [5.41, 5.74) is 0.620. The van der Waals surface area contributed by atoms with E-state index < -0.39 is 18.5 Å². The van der Waals surface area contributed by atoms with Crippen LogP contribution in [0.1, 0.15) is 19.4 Å². The second-order valence-corrected chi connectivity index (χ2v) is 5.13. The molecule has 0 fully saturated rings. The first kappa shape index (κ1) is 18.8. The van der Waals surface area contributed by atoms with E-state index in [4.69, 9.17) is 30.5 Å². The molecule has 23 heavy (non-hydrogen) atoms. The molecule has 126 valence electrons. The van der Waals surface area contributed by atoms with Crippen LogP contribution in [-0.4, -0.2) is 38.9 Å². The van der Waals surface area contributed by atoms with E-state index >= 15 is 0 Å². The monoisotopic (exact) mass is 342 g/mol. The summed E-state index contributed by atoms with van der Waals surface area (Å²) in [4.78, 5) is 22.8. The van der Waals surface area contributed by atoms with Crippen molar-refractivity contribution in [3.63, 3.8) is 0 Å². The second-order valence-electron chi connectivity index (χ2n) is 4.72. The molecule has 0 aliphatic carbocycles. The highest BCUT2D eigenvalue weighted by Gasteiger charge is 2.11. The molecule has 6 nitrogen and oxygen atoms in total. The third-order valence-electron chi connectivity index (χ3n) is 2.57. The Balaban J connectivity index is 2.68. The molecule has 0 aliphatic heterocycles. The minimum absolute atomic E-state index is 0.259. The molecule has 0 atom stereocenters. The van der Waals surface area contributed by atoms with Crippen LogP contribution in [0.2, 0.25) is 5.02 Å². The summed E-state index contributed by atoms with van der Waals surface area (Å²) in [5, 5.41) is 0.348. The van der Waals surface area contributed by atoms with Crippen molar-refractivity contribution in [1.29, 1.82) is 0 Å². The summed E-state index contributed by atoms with van der Waals surface area (Å²) < 4.78 is 19.9. The van der Waals surface area contributed by atoms with Crippen molar-refractivity contribution < 1.29 is 28.5 Å². The number of esters is 2. The molecular formula is C16H19ClO6. The van der Waals surface area contributed by atoms with Crippen LogP contribution in [-0.2, 0) is 19.1 Å². The molecule has 0 bridgehead atoms. The minimum Gasteiger partial charge on any atom is -0.493 e. The summed E-state index contributed by atoms with van der Waals surface area (Å²) in [6.45, 7) is 2.98. The molecule has 1 rings (SSSR count). The van der Waals surface area contributed by atoms with E-state index in [0.717, 1.165) is 0 Å². The molecule has 0 aromatic heterocycles. The molecule has 0 saturated carbocycles. The largest absolute Gasteiger partial charge is 0.493 e. The van der Waals surface area contributed by atoms with Crippen LogP contribution in [0.4, 0.5) is 0 Å². The van der Waals surface area contributed by atoms with Gasteiger partial charge in [0.1, 0.15) is 0 Å². The van der Waals surface area contributed by atoms with Gasteiger partial charge in [-0.05, 0) is 37.6 Å². The van der Waals surface area contributed by atoms with E-state index in [1.807, 2.05) is 0 Å². The highest BCUT2D eigenvalue weighted by atomic mass is 35.5. The van der Waals surface area contributed by atoms with E-state index in [-0.39, 0.29) is 6.10 Å². The quantitative estimate of drug-likeness (QED) is 0.560. The van der Waals surface area contributed by atoms with Gasteiger partial charge in [-0.3, -0.25) is 0 Å². The summed E-state index contributed by atoms with van der Waals surface area (Å²) in [5.74, 6) is -0.425. The molecule has 1 aromatic rings. The number of ether oxygens (including phenoxy) is 4. The van der Waals surface area contributed by atoms with Crippen LogP contribution < -0.4 is 9.47 Å². The van der Waals surface area contributed by atoms with Crippen LogP contribution >= 0.6 is 11.6 Å². The van der Waals surface area contributed by atoms with Crippen molar-refractivity contribution >= 4 is 29.6 Å². The average Bonchev–Trinajstić information content (AvgIpc) is 2.49. The second kappa shape index (κ2) is 9.05. The van der Waals surface area contributed by atoms with Gasteiger partial charge in [0, 0.05) is 6.08 Å². The van der Waals surface area contributed by atoms with Gasteiger partial charge >= 0.3 is 11.9 Å². The number of carbonyl (C=O) groups excluding carboxylic acids is 2. The summed E-state index contributed by atoms with van der Waals surface area (Å²) >= 11 is 6.06. The lowest BCUT2D eigenvalue weighted by molar-refractivity contribution is -0.158. The first-order valence-electron chi connectivity index (χ1n) is 6.83. The maximum absolute atomic E-state index is 11.6. The van der Waals surface area contributed by atoms with E-state index in [2.05, 4.69) is 0 Å². The molecule has 7 heteroatoms. The molecule has 0 amide bonds. The van der Waals surface area contributed by atoms with Gasteiger partial charge in [-0.15, -0.1) is 0 Å².